The van der Waals surface area contributed by atoms with Gasteiger partial charge in [0.05, 0.1) is 11.1 Å². The van der Waals surface area contributed by atoms with Crippen LogP contribution in [0.2, 0.25) is 0 Å². The lowest BCUT2D eigenvalue weighted by molar-refractivity contribution is -0.257. The molecule has 0 saturated carbocycles. The van der Waals surface area contributed by atoms with Crippen LogP contribution in [-0.4, -0.2) is 28.7 Å². The van der Waals surface area contributed by atoms with Crippen molar-refractivity contribution in [2.75, 3.05) is 5.32 Å². The number of anilines is 1. The summed E-state index contributed by atoms with van der Waals surface area (Å²) in [4.78, 5) is 20.2. The van der Waals surface area contributed by atoms with E-state index in [4.69, 9.17) is 15.7 Å². The minimum Gasteiger partial charge on any atom is -0.449 e. The maximum Gasteiger partial charge on any atom is 0.428 e. The van der Waals surface area contributed by atoms with Crippen LogP contribution in [0.5, 0.6) is 0 Å². The molecule has 0 bridgehead atoms. The van der Waals surface area contributed by atoms with Gasteiger partial charge in [-0.25, -0.2) is 14.4 Å². The molecule has 0 fully saturated rings. The molecule has 3 N–H and O–H groups in total. The minimum absolute atomic E-state index is 0.00550. The van der Waals surface area contributed by atoms with Gasteiger partial charge in [0.15, 0.2) is 0 Å². The Balaban J connectivity index is 1.94. The second kappa shape index (κ2) is 7.54. The summed E-state index contributed by atoms with van der Waals surface area (Å²) in [5.74, 6) is -1.47. The first kappa shape index (κ1) is 22.0. The monoisotopic (exact) mass is 435 g/mol. The van der Waals surface area contributed by atoms with Crippen LogP contribution in [0.3, 0.4) is 0 Å². The van der Waals surface area contributed by atoms with E-state index >= 15 is 0 Å². The number of amides is 1. The van der Waals surface area contributed by atoms with Gasteiger partial charge in [-0.3, -0.25) is 4.79 Å². The van der Waals surface area contributed by atoms with Crippen molar-refractivity contribution >= 4 is 17.6 Å². The van der Waals surface area contributed by atoms with Crippen molar-refractivity contribution in [3.63, 3.8) is 0 Å². The van der Waals surface area contributed by atoms with Gasteiger partial charge in [-0.05, 0) is 44.2 Å². The molecule has 2 aromatic rings. The number of rotatable bonds is 3. The minimum atomic E-state index is -4.78. The normalized spacial score (nSPS) is 23.3. The van der Waals surface area contributed by atoms with E-state index in [1.165, 1.54) is 37.4 Å². The van der Waals surface area contributed by atoms with Gasteiger partial charge in [-0.2, -0.15) is 18.4 Å². The molecule has 0 radical (unpaired) electrons. The predicted octanol–water partition coefficient (Wildman–Crippen LogP) is 3.62. The lowest BCUT2D eigenvalue weighted by atomic mass is 9.80. The van der Waals surface area contributed by atoms with E-state index in [0.717, 1.165) is 13.0 Å². The standard InChI is InChI=1S/C20H17F4N5O2/c1-18(10-19(2,20(22,23)24)31-17(26)29-18)13-7-12(4-5-14(13)21)28-16(30)15-6-3-11(8-25)9-27-15/h3-7,9H,10H2,1-2H3,(H2,26,29)(H,28,30)/t18-,19-/m0/s1. The molecule has 0 saturated heterocycles. The van der Waals surface area contributed by atoms with Crippen LogP contribution < -0.4 is 11.1 Å². The van der Waals surface area contributed by atoms with Gasteiger partial charge in [-0.15, -0.1) is 0 Å². The maximum atomic E-state index is 14.6. The highest BCUT2D eigenvalue weighted by Crippen LogP contribution is 2.47. The van der Waals surface area contributed by atoms with E-state index in [9.17, 15) is 22.4 Å². The third-order valence-corrected chi connectivity index (χ3v) is 4.90. The smallest absolute Gasteiger partial charge is 0.428 e. The van der Waals surface area contributed by atoms with Crippen LogP contribution in [0.25, 0.3) is 0 Å². The number of nitrogens with zero attached hydrogens (tertiary/aromatic N) is 3. The van der Waals surface area contributed by atoms with E-state index in [-0.39, 0.29) is 22.5 Å². The maximum absolute atomic E-state index is 14.6. The van der Waals surface area contributed by atoms with Gasteiger partial charge in [0, 0.05) is 23.9 Å². The number of aliphatic imine (C=N–C) groups is 1. The van der Waals surface area contributed by atoms with Gasteiger partial charge in [-0.1, -0.05) is 0 Å². The Morgan fingerprint density at radius 2 is 2.00 bits per heavy atom. The van der Waals surface area contributed by atoms with Crippen LogP contribution in [0.15, 0.2) is 41.5 Å². The number of hydrogen-bond donors (Lipinski definition) is 2. The molecule has 1 aliphatic heterocycles. The first-order valence-corrected chi connectivity index (χ1v) is 8.95. The third-order valence-electron chi connectivity index (χ3n) is 4.90. The first-order chi connectivity index (χ1) is 14.4. The molecule has 1 amide bonds. The largest absolute Gasteiger partial charge is 0.449 e. The van der Waals surface area contributed by atoms with Crippen LogP contribution in [0.1, 0.15) is 41.9 Å². The van der Waals surface area contributed by atoms with Crippen molar-refractivity contribution in [1.82, 2.24) is 4.98 Å². The Bertz CT molecular complexity index is 1090. The van der Waals surface area contributed by atoms with Gasteiger partial charge < -0.3 is 15.8 Å². The Morgan fingerprint density at radius 1 is 1.29 bits per heavy atom. The molecule has 1 aliphatic rings. The first-order valence-electron chi connectivity index (χ1n) is 8.95. The van der Waals surface area contributed by atoms with Crippen molar-refractivity contribution in [2.45, 2.75) is 37.6 Å². The van der Waals surface area contributed by atoms with Crippen molar-refractivity contribution in [3.8, 4) is 6.07 Å². The number of amidine groups is 1. The lowest BCUT2D eigenvalue weighted by Crippen LogP contribution is -2.55. The van der Waals surface area contributed by atoms with E-state index in [1.807, 2.05) is 6.07 Å². The lowest BCUT2D eigenvalue weighted by Gasteiger charge is -2.42. The van der Waals surface area contributed by atoms with Gasteiger partial charge in [0.2, 0.25) is 5.60 Å². The number of nitriles is 1. The molecular weight excluding hydrogens is 418 g/mol. The van der Waals surface area contributed by atoms with Crippen molar-refractivity contribution in [2.24, 2.45) is 10.7 Å². The highest BCUT2D eigenvalue weighted by molar-refractivity contribution is 6.02. The number of pyridine rings is 1. The molecule has 1 aromatic carbocycles. The highest BCUT2D eigenvalue weighted by Gasteiger charge is 2.59. The molecule has 2 heterocycles. The summed E-state index contributed by atoms with van der Waals surface area (Å²) in [6.07, 6.45) is -4.29. The van der Waals surface area contributed by atoms with E-state index in [1.54, 1.807) is 0 Å². The summed E-state index contributed by atoms with van der Waals surface area (Å²) in [5, 5.41) is 11.3. The molecule has 162 valence electrons. The van der Waals surface area contributed by atoms with Gasteiger partial charge in [0.1, 0.15) is 17.6 Å². The number of nitrogens with one attached hydrogen (secondary N) is 1. The second-order valence-electron chi connectivity index (χ2n) is 7.42. The predicted molar refractivity (Wildman–Crippen MR) is 102 cm³/mol. The number of ether oxygens (including phenoxy) is 1. The van der Waals surface area contributed by atoms with Crippen LogP contribution >= 0.6 is 0 Å². The van der Waals surface area contributed by atoms with E-state index < -0.39 is 41.5 Å². The summed E-state index contributed by atoms with van der Waals surface area (Å²) >= 11 is 0. The summed E-state index contributed by atoms with van der Waals surface area (Å²) in [5.41, 5.74) is 1.29. The fourth-order valence-corrected chi connectivity index (χ4v) is 3.35. The van der Waals surface area contributed by atoms with Crippen molar-refractivity contribution in [1.29, 1.82) is 5.26 Å². The highest BCUT2D eigenvalue weighted by atomic mass is 19.4. The van der Waals surface area contributed by atoms with Gasteiger partial charge >= 0.3 is 6.18 Å². The van der Waals surface area contributed by atoms with Crippen molar-refractivity contribution < 1.29 is 27.1 Å². The molecule has 0 aliphatic carbocycles. The third kappa shape index (κ3) is 4.28. The molecule has 31 heavy (non-hydrogen) atoms. The molecule has 0 unspecified atom stereocenters. The number of aromatic nitrogens is 1. The SMILES string of the molecule is C[C@@]1(c2cc(NC(=O)c3ccc(C#N)cn3)ccc2F)C[C@@](C)(C(F)(F)F)OC(N)=N1. The van der Waals surface area contributed by atoms with Gasteiger partial charge in [0.25, 0.3) is 11.9 Å². The summed E-state index contributed by atoms with van der Waals surface area (Å²) in [6.45, 7) is 2.12. The average Bonchev–Trinajstić information content (AvgIpc) is 2.67. The summed E-state index contributed by atoms with van der Waals surface area (Å²) < 4.78 is 60.0. The number of benzene rings is 1. The average molecular weight is 435 g/mol. The number of carbonyl (C=O) groups is 1. The molecule has 2 atom stereocenters. The zero-order valence-electron chi connectivity index (χ0n) is 16.4. The molecule has 7 nitrogen and oxygen atoms in total. The number of carbonyl (C=O) groups excluding carboxylic acids is 1. The zero-order chi connectivity index (χ0) is 23.0. The van der Waals surface area contributed by atoms with Crippen LogP contribution in [0.4, 0.5) is 23.2 Å². The Morgan fingerprint density at radius 3 is 2.58 bits per heavy atom. The fourth-order valence-electron chi connectivity index (χ4n) is 3.35. The quantitative estimate of drug-likeness (QED) is 0.715. The van der Waals surface area contributed by atoms with E-state index in [0.29, 0.717) is 0 Å². The fraction of sp³-hybridized carbons (Fsp3) is 0.300. The topological polar surface area (TPSA) is 113 Å². The van der Waals surface area contributed by atoms with Crippen LogP contribution in [-0.2, 0) is 10.3 Å². The van der Waals surface area contributed by atoms with Crippen LogP contribution in [0, 0.1) is 17.1 Å². The Labute approximate surface area is 174 Å². The summed E-state index contributed by atoms with van der Waals surface area (Å²) in [6, 6.07) is 7.33. The molecule has 3 rings (SSSR count). The van der Waals surface area contributed by atoms with E-state index in [2.05, 4.69) is 15.3 Å². The summed E-state index contributed by atoms with van der Waals surface area (Å²) in [7, 11) is 0. The number of hydrogen-bond acceptors (Lipinski definition) is 6. The Kier molecular flexibility index (Phi) is 5.35. The second-order valence-corrected chi connectivity index (χ2v) is 7.42. The number of nitrogens with two attached hydrogens (primary N) is 1. The molecule has 11 heteroatoms. The molecule has 1 aromatic heterocycles. The number of halogens is 4. The van der Waals surface area contributed by atoms with Crippen molar-refractivity contribution in [3.05, 3.63) is 59.2 Å². The zero-order valence-corrected chi connectivity index (χ0v) is 16.4. The molecular formula is C20H17F4N5O2. The number of alkyl halides is 3. The molecule has 0 spiro atoms. The Hall–Kier alpha value is -3.68.